The highest BCUT2D eigenvalue weighted by Crippen LogP contribution is 2.39. The fourth-order valence-corrected chi connectivity index (χ4v) is 4.12. The number of methoxy groups -OCH3 is 1. The summed E-state index contributed by atoms with van der Waals surface area (Å²) in [6.45, 7) is 1.63. The Balaban J connectivity index is 1.81. The summed E-state index contributed by atoms with van der Waals surface area (Å²) in [7, 11) is 1.54. The van der Waals surface area contributed by atoms with Crippen molar-refractivity contribution in [3.63, 3.8) is 0 Å². The normalized spacial score (nSPS) is 14.7. The first-order valence-corrected chi connectivity index (χ1v) is 10.4. The number of nitrogens with one attached hydrogen (secondary N) is 1. The summed E-state index contributed by atoms with van der Waals surface area (Å²) in [5.41, 5.74) is 1.57. The Morgan fingerprint density at radius 3 is 2.79 bits per heavy atom. The Bertz CT molecular complexity index is 1040. The van der Waals surface area contributed by atoms with E-state index in [1.54, 1.807) is 18.2 Å². The lowest BCUT2D eigenvalue weighted by Crippen LogP contribution is -2.23. The molecule has 1 heterocycles. The number of ether oxygens (including phenoxy) is 2. The third kappa shape index (κ3) is 5.41. The quantitative estimate of drug-likeness (QED) is 0.603. The van der Waals surface area contributed by atoms with Crippen LogP contribution in [0.2, 0.25) is 5.02 Å². The van der Waals surface area contributed by atoms with E-state index in [1.807, 2.05) is 24.3 Å². The van der Waals surface area contributed by atoms with Crippen molar-refractivity contribution in [2.75, 3.05) is 7.11 Å². The second-order valence-electron chi connectivity index (χ2n) is 5.93. The largest absolute Gasteiger partial charge is 0.493 e. The van der Waals surface area contributed by atoms with Crippen LogP contribution < -0.4 is 14.8 Å². The predicted molar refractivity (Wildman–Crippen MR) is 118 cm³/mol. The smallest absolute Gasteiger partial charge is 0.286 e. The summed E-state index contributed by atoms with van der Waals surface area (Å²) in [6, 6.07) is 11.0. The van der Waals surface area contributed by atoms with E-state index in [0.29, 0.717) is 31.5 Å². The molecule has 0 spiro atoms. The van der Waals surface area contributed by atoms with Crippen molar-refractivity contribution in [1.82, 2.24) is 5.32 Å². The van der Waals surface area contributed by atoms with Gasteiger partial charge in [0, 0.05) is 17.5 Å². The molecule has 0 aliphatic carbocycles. The van der Waals surface area contributed by atoms with E-state index in [9.17, 15) is 9.59 Å². The van der Waals surface area contributed by atoms with Crippen LogP contribution in [0.25, 0.3) is 6.08 Å². The maximum absolute atomic E-state index is 12.1. The second-order valence-corrected chi connectivity index (χ2v) is 8.22. The average molecular weight is 496 g/mol. The minimum atomic E-state index is -0.409. The zero-order valence-electron chi connectivity index (χ0n) is 15.5. The molecule has 3 rings (SSSR count). The van der Waals surface area contributed by atoms with Crippen LogP contribution in [0.4, 0.5) is 0 Å². The molecule has 0 bridgehead atoms. The monoisotopic (exact) mass is 494 g/mol. The van der Waals surface area contributed by atoms with Crippen molar-refractivity contribution in [3.05, 3.63) is 61.9 Å². The molecule has 2 aromatic rings. The van der Waals surface area contributed by atoms with E-state index in [0.717, 1.165) is 17.3 Å². The molecule has 1 N–H and O–H groups in total. The van der Waals surface area contributed by atoms with Gasteiger partial charge in [0.2, 0.25) is 5.91 Å². The van der Waals surface area contributed by atoms with Gasteiger partial charge in [0.15, 0.2) is 16.7 Å². The number of hydrogen-bond donors (Lipinski definition) is 1. The summed E-state index contributed by atoms with van der Waals surface area (Å²) in [5.74, 6) is 0.328. The minimum absolute atomic E-state index is 0.263. The number of amides is 2. The molecule has 0 fully saturated rings. The third-order valence-corrected chi connectivity index (χ3v) is 5.64. The van der Waals surface area contributed by atoms with E-state index >= 15 is 0 Å². The van der Waals surface area contributed by atoms with Crippen LogP contribution in [0, 0.1) is 0 Å². The topological polar surface area (TPSA) is 77.0 Å². The predicted octanol–water partition coefficient (Wildman–Crippen LogP) is 4.80. The van der Waals surface area contributed by atoms with Crippen molar-refractivity contribution in [3.8, 4) is 11.5 Å². The Hall–Kier alpha value is -2.29. The number of benzene rings is 2. The number of nitrogens with zero attached hydrogens (tertiary/aromatic N) is 1. The summed E-state index contributed by atoms with van der Waals surface area (Å²) in [5, 5.41) is 3.40. The van der Waals surface area contributed by atoms with Crippen molar-refractivity contribution in [2.45, 2.75) is 13.5 Å². The van der Waals surface area contributed by atoms with Gasteiger partial charge in [0.1, 0.15) is 6.61 Å². The highest BCUT2D eigenvalue weighted by Gasteiger charge is 2.23. The van der Waals surface area contributed by atoms with Crippen molar-refractivity contribution in [2.24, 2.45) is 4.99 Å². The summed E-state index contributed by atoms with van der Waals surface area (Å²) >= 11 is 10.8. The van der Waals surface area contributed by atoms with Crippen LogP contribution in [0.5, 0.6) is 11.5 Å². The van der Waals surface area contributed by atoms with Gasteiger partial charge >= 0.3 is 0 Å². The van der Waals surface area contributed by atoms with Crippen LogP contribution in [-0.2, 0) is 16.2 Å². The Morgan fingerprint density at radius 2 is 2.10 bits per heavy atom. The Kier molecular flexibility index (Phi) is 7.00. The maximum atomic E-state index is 12.1. The number of halogens is 2. The SMILES string of the molecule is COc1cc(/C=C2\SC(NC(C)=O)=NC2=O)cc(Br)c1OCc1ccccc1Cl. The summed E-state index contributed by atoms with van der Waals surface area (Å²) in [4.78, 5) is 27.4. The van der Waals surface area contributed by atoms with E-state index in [2.05, 4.69) is 26.2 Å². The number of aliphatic imine (C=N–C) groups is 1. The van der Waals surface area contributed by atoms with Gasteiger partial charge in [-0.15, -0.1) is 0 Å². The molecule has 0 atom stereocenters. The molecule has 9 heteroatoms. The molecule has 29 heavy (non-hydrogen) atoms. The van der Waals surface area contributed by atoms with E-state index in [-0.39, 0.29) is 17.7 Å². The number of carbonyl (C=O) groups excluding carboxylic acids is 2. The fraction of sp³-hybridized carbons (Fsp3) is 0.150. The van der Waals surface area contributed by atoms with Crippen LogP contribution in [0.15, 0.2) is 50.8 Å². The van der Waals surface area contributed by atoms with Crippen molar-refractivity contribution < 1.29 is 19.1 Å². The van der Waals surface area contributed by atoms with Gasteiger partial charge in [-0.2, -0.15) is 4.99 Å². The number of thioether (sulfide) groups is 1. The molecule has 2 aromatic carbocycles. The lowest BCUT2D eigenvalue weighted by Gasteiger charge is -2.14. The van der Waals surface area contributed by atoms with E-state index < -0.39 is 5.91 Å². The molecule has 0 saturated carbocycles. The summed E-state index contributed by atoms with van der Waals surface area (Å²) < 4.78 is 12.0. The lowest BCUT2D eigenvalue weighted by atomic mass is 10.2. The van der Waals surface area contributed by atoms with Gasteiger partial charge in [0.25, 0.3) is 5.91 Å². The summed E-state index contributed by atoms with van der Waals surface area (Å²) in [6.07, 6.45) is 1.68. The molecular weight excluding hydrogens is 480 g/mol. The Morgan fingerprint density at radius 1 is 1.34 bits per heavy atom. The molecule has 1 aliphatic heterocycles. The van der Waals surface area contributed by atoms with Gasteiger partial charge in [-0.3, -0.25) is 9.59 Å². The van der Waals surface area contributed by atoms with Crippen LogP contribution in [0.3, 0.4) is 0 Å². The average Bonchev–Trinajstić information content (AvgIpc) is 2.99. The van der Waals surface area contributed by atoms with Gasteiger partial charge in [-0.1, -0.05) is 29.8 Å². The Labute approximate surface area is 185 Å². The number of rotatable bonds is 5. The zero-order chi connectivity index (χ0) is 21.0. The molecule has 0 unspecified atom stereocenters. The van der Waals surface area contributed by atoms with Crippen LogP contribution in [0.1, 0.15) is 18.1 Å². The molecule has 2 amide bonds. The zero-order valence-corrected chi connectivity index (χ0v) is 18.7. The molecule has 1 aliphatic rings. The van der Waals surface area contributed by atoms with Crippen LogP contribution >= 0.6 is 39.3 Å². The highest BCUT2D eigenvalue weighted by molar-refractivity contribution is 9.10. The van der Waals surface area contributed by atoms with Crippen molar-refractivity contribution in [1.29, 1.82) is 0 Å². The van der Waals surface area contributed by atoms with Gasteiger partial charge in [-0.05, 0) is 57.5 Å². The molecule has 150 valence electrons. The minimum Gasteiger partial charge on any atom is -0.493 e. The number of amidine groups is 1. The number of carbonyl (C=O) groups is 2. The van der Waals surface area contributed by atoms with Gasteiger partial charge in [0.05, 0.1) is 16.5 Å². The third-order valence-electron chi connectivity index (χ3n) is 3.78. The molecule has 6 nitrogen and oxygen atoms in total. The molecule has 0 aromatic heterocycles. The first kappa shape index (κ1) is 21.4. The van der Waals surface area contributed by atoms with Crippen LogP contribution in [-0.4, -0.2) is 24.1 Å². The van der Waals surface area contributed by atoms with Gasteiger partial charge < -0.3 is 14.8 Å². The molecule has 0 saturated heterocycles. The highest BCUT2D eigenvalue weighted by atomic mass is 79.9. The first-order valence-electron chi connectivity index (χ1n) is 8.41. The van der Waals surface area contributed by atoms with E-state index in [1.165, 1.54) is 14.0 Å². The van der Waals surface area contributed by atoms with Crippen molar-refractivity contribution >= 4 is 62.4 Å². The number of hydrogen-bond acceptors (Lipinski definition) is 5. The first-order chi connectivity index (χ1) is 13.9. The second kappa shape index (κ2) is 9.47. The standard InChI is InChI=1S/C20H16BrClN2O4S/c1-11(25)23-20-24-19(26)17(29-20)9-12-7-14(21)18(16(8-12)27-2)28-10-13-5-3-4-6-15(13)22/h3-9H,10H2,1-2H3,(H,23,24,25,26)/b17-9-. The fourth-order valence-electron chi connectivity index (χ4n) is 2.49. The van der Waals surface area contributed by atoms with E-state index in [4.69, 9.17) is 21.1 Å². The van der Waals surface area contributed by atoms with Gasteiger partial charge in [-0.25, -0.2) is 0 Å². The molecule has 0 radical (unpaired) electrons. The maximum Gasteiger partial charge on any atom is 0.286 e. The lowest BCUT2D eigenvalue weighted by molar-refractivity contribution is -0.117. The molecular formula is C20H16BrClN2O4S.